The van der Waals surface area contributed by atoms with E-state index in [1.54, 1.807) is 0 Å². The highest BCUT2D eigenvalue weighted by molar-refractivity contribution is 7.47. The molecule has 1 saturated heterocycles. The Kier molecular flexibility index (Phi) is 30.3. The summed E-state index contributed by atoms with van der Waals surface area (Å²) < 4.78 is 47.7. The Labute approximate surface area is 474 Å². The largest absolute Gasteiger partial charge is 0.472 e. The van der Waals surface area contributed by atoms with Gasteiger partial charge in [0.05, 0.1) is 19.3 Å². The van der Waals surface area contributed by atoms with Crippen molar-refractivity contribution in [2.75, 3.05) is 19.8 Å². The second-order valence-corrected chi connectivity index (χ2v) is 27.7. The summed E-state index contributed by atoms with van der Waals surface area (Å²) >= 11 is 0. The normalized spacial score (nSPS) is 31.4. The van der Waals surface area contributed by atoms with E-state index in [2.05, 4.69) is 54.5 Å². The number of fused-ring (bicyclic) bond motifs is 5. The molecule has 454 valence electrons. The molecule has 3 saturated carbocycles. The molecule has 1 unspecified atom stereocenters. The predicted molar refractivity (Wildman–Crippen MR) is 309 cm³/mol. The summed E-state index contributed by atoms with van der Waals surface area (Å²) in [6.45, 7) is 15.1. The van der Waals surface area contributed by atoms with Gasteiger partial charge in [0.25, 0.3) is 0 Å². The molecule has 1 aliphatic heterocycles. The molecule has 78 heavy (non-hydrogen) atoms. The maximum absolute atomic E-state index is 13.4. The van der Waals surface area contributed by atoms with E-state index in [0.29, 0.717) is 36.5 Å². The van der Waals surface area contributed by atoms with Crippen LogP contribution >= 0.6 is 7.82 Å². The number of aliphatic hydroxyl groups is 3. The maximum atomic E-state index is 13.4. The van der Waals surface area contributed by atoms with Gasteiger partial charge < -0.3 is 39.2 Å². The van der Waals surface area contributed by atoms with Crippen molar-refractivity contribution in [2.45, 2.75) is 316 Å². The van der Waals surface area contributed by atoms with Crippen LogP contribution in [0.25, 0.3) is 0 Å². The van der Waals surface area contributed by atoms with Gasteiger partial charge in [-0.3, -0.25) is 18.6 Å². The monoisotopic (exact) mass is 1120 g/mol. The zero-order valence-corrected chi connectivity index (χ0v) is 51.3. The zero-order valence-electron chi connectivity index (χ0n) is 50.4. The van der Waals surface area contributed by atoms with Crippen LogP contribution in [-0.4, -0.2) is 94.9 Å². The lowest BCUT2D eigenvalue weighted by molar-refractivity contribution is -0.312. The highest BCUT2D eigenvalue weighted by atomic mass is 31.2. The number of rotatable bonds is 40. The third kappa shape index (κ3) is 21.3. The maximum Gasteiger partial charge on any atom is 0.472 e. The Morgan fingerprint density at radius 2 is 1.24 bits per heavy atom. The minimum atomic E-state index is -4.89. The van der Waals surface area contributed by atoms with Crippen LogP contribution in [0.3, 0.4) is 0 Å². The second kappa shape index (κ2) is 35.0. The third-order valence-corrected chi connectivity index (χ3v) is 20.7. The molecule has 4 N–H and O–H groups in total. The number of hydrogen-bond acceptors (Lipinski definition) is 12. The van der Waals surface area contributed by atoms with Gasteiger partial charge in [-0.25, -0.2) is 4.57 Å². The van der Waals surface area contributed by atoms with E-state index in [-0.39, 0.29) is 31.0 Å². The molecule has 0 aromatic carbocycles. The number of carbonyl (C=O) groups excluding carboxylic acids is 2. The number of phosphoric ester groups is 1. The van der Waals surface area contributed by atoms with Crippen molar-refractivity contribution < 1.29 is 62.4 Å². The Morgan fingerprint density at radius 1 is 0.667 bits per heavy atom. The van der Waals surface area contributed by atoms with Crippen LogP contribution in [0, 0.1) is 46.3 Å². The Hall–Kier alpha value is -1.41. The fraction of sp³-hybridized carbons (Fsp3) is 0.938. The smallest absolute Gasteiger partial charge is 0.462 e. The van der Waals surface area contributed by atoms with Crippen molar-refractivity contribution in [1.29, 1.82) is 0 Å². The zero-order chi connectivity index (χ0) is 56.6. The number of ether oxygens (including phenoxy) is 4. The number of aliphatic hydroxyl groups excluding tert-OH is 3. The molecule has 0 radical (unpaired) electrons. The summed E-state index contributed by atoms with van der Waals surface area (Å²) in [5.74, 6) is 3.42. The quantitative estimate of drug-likeness (QED) is 0.0197. The number of unbranched alkanes of at least 4 members (excludes halogenated alkanes) is 20. The van der Waals surface area contributed by atoms with Gasteiger partial charge >= 0.3 is 19.8 Å². The highest BCUT2D eigenvalue weighted by Gasteiger charge is 2.59. The summed E-state index contributed by atoms with van der Waals surface area (Å²) in [4.78, 5) is 36.7. The Bertz CT molecular complexity index is 1780. The van der Waals surface area contributed by atoms with Gasteiger partial charge in [-0.1, -0.05) is 208 Å². The Morgan fingerprint density at radius 3 is 1.83 bits per heavy atom. The molecule has 4 aliphatic carbocycles. The lowest BCUT2D eigenvalue weighted by Crippen LogP contribution is -2.60. The molecule has 5 rings (SSSR count). The van der Waals surface area contributed by atoms with Crippen LogP contribution in [-0.2, 0) is 42.1 Å². The summed E-state index contributed by atoms with van der Waals surface area (Å²) in [6.07, 6.45) is 31.7. The lowest BCUT2D eigenvalue weighted by Gasteiger charge is -2.58. The molecule has 14 heteroatoms. The molecule has 4 fully saturated rings. The number of allylic oxidation sites excluding steroid dienone is 1. The van der Waals surface area contributed by atoms with Crippen LogP contribution in [0.2, 0.25) is 0 Å². The molecule has 5 aliphatic rings. The van der Waals surface area contributed by atoms with Gasteiger partial charge in [0.15, 0.2) is 12.4 Å². The van der Waals surface area contributed by atoms with E-state index in [4.69, 9.17) is 28.0 Å². The van der Waals surface area contributed by atoms with E-state index in [9.17, 15) is 34.4 Å². The summed E-state index contributed by atoms with van der Waals surface area (Å²) in [5.41, 5.74) is 1.88. The van der Waals surface area contributed by atoms with E-state index >= 15 is 0 Å². The molecule has 0 aromatic rings. The van der Waals surface area contributed by atoms with Crippen molar-refractivity contribution in [3.8, 4) is 0 Å². The fourth-order valence-electron chi connectivity index (χ4n) is 15.0. The van der Waals surface area contributed by atoms with Crippen molar-refractivity contribution in [1.82, 2.24) is 0 Å². The van der Waals surface area contributed by atoms with Gasteiger partial charge in [0.2, 0.25) is 0 Å². The van der Waals surface area contributed by atoms with Gasteiger partial charge in [-0.2, -0.15) is 0 Å². The average molecular weight is 1120 g/mol. The van der Waals surface area contributed by atoms with E-state index < -0.39 is 69.8 Å². The third-order valence-electron chi connectivity index (χ3n) is 19.8. The van der Waals surface area contributed by atoms with E-state index in [0.717, 1.165) is 81.5 Å². The van der Waals surface area contributed by atoms with Gasteiger partial charge in [0.1, 0.15) is 31.0 Å². The first-order valence-electron chi connectivity index (χ1n) is 32.4. The summed E-state index contributed by atoms with van der Waals surface area (Å²) in [7, 11) is -4.89. The van der Waals surface area contributed by atoms with Crippen LogP contribution in [0.5, 0.6) is 0 Å². The number of phosphoric acid groups is 1. The topological polar surface area (TPSA) is 188 Å². The van der Waals surface area contributed by atoms with Gasteiger partial charge in [0, 0.05) is 12.8 Å². The molecule has 0 aromatic heterocycles. The Balaban J connectivity index is 1.08. The molecular formula is C64H115O13P. The first kappa shape index (κ1) is 67.4. The van der Waals surface area contributed by atoms with E-state index in [1.807, 2.05) is 0 Å². The van der Waals surface area contributed by atoms with Gasteiger partial charge in [-0.05, 0) is 111 Å². The molecular weight excluding hydrogens is 1010 g/mol. The highest BCUT2D eigenvalue weighted by Crippen LogP contribution is 2.67. The standard InChI is InChI=1S/C64H115O13P/c1-8-10-12-14-16-18-20-22-24-26-28-33-57(65)72-44-51(75-58(66)34-29-27-25-23-21-19-17-15-13-11-9-2)45-73-78(70,71)74-46-56-59(67)60(68)61(69)62(77-56)76-50-39-41-63(6)49(43-50)35-36-52-54-38-37-53(48(5)32-30-31-47(3)4)64(54,7)42-40-55(52)63/h35,47-48,50-56,59-62,67-69H,8-34,36-46H2,1-7H3,(H,70,71)/t48-,50+,51-,52+,53-,54+,55+,56-,59-,60+,61-,62+,63+,64-/m1/s1. The molecule has 0 amide bonds. The van der Waals surface area contributed by atoms with Crippen LogP contribution in [0.4, 0.5) is 0 Å². The first-order valence-corrected chi connectivity index (χ1v) is 33.9. The molecule has 15 atom stereocenters. The van der Waals surface area contributed by atoms with Crippen molar-refractivity contribution in [2.24, 2.45) is 46.3 Å². The van der Waals surface area contributed by atoms with Gasteiger partial charge in [-0.15, -0.1) is 0 Å². The second-order valence-electron chi connectivity index (χ2n) is 26.2. The van der Waals surface area contributed by atoms with Crippen LogP contribution < -0.4 is 0 Å². The number of esters is 2. The SMILES string of the molecule is CCCCCCCCCCCCCC(=O)OC[C@H](COP(=O)(O)OC[C@H]1O[C@H](O[C@H]2CC[C@@]3(C)C(=CC[C@H]4[C@@H]5CC[C@H]([C@H](C)CCCC(C)C)[C@@]5(C)CC[C@@H]43)C2)[C@H](O)[C@@H](O)[C@@H]1O)OC(=O)CCCCCCCCCCCCC. The minimum Gasteiger partial charge on any atom is -0.462 e. The summed E-state index contributed by atoms with van der Waals surface area (Å²) in [6, 6.07) is 0. The molecule has 0 spiro atoms. The lowest BCUT2D eigenvalue weighted by atomic mass is 9.47. The minimum absolute atomic E-state index is 0.0725. The van der Waals surface area contributed by atoms with Crippen LogP contribution in [0.1, 0.15) is 273 Å². The van der Waals surface area contributed by atoms with Crippen molar-refractivity contribution in [3.63, 3.8) is 0 Å². The van der Waals surface area contributed by atoms with E-state index in [1.165, 1.54) is 140 Å². The molecule has 0 bridgehead atoms. The number of carbonyl (C=O) groups is 2. The van der Waals surface area contributed by atoms with Crippen molar-refractivity contribution in [3.05, 3.63) is 11.6 Å². The van der Waals surface area contributed by atoms with Crippen molar-refractivity contribution >= 4 is 19.8 Å². The summed E-state index contributed by atoms with van der Waals surface area (Å²) in [5, 5.41) is 33.1. The number of hydrogen-bond donors (Lipinski definition) is 4. The first-order chi connectivity index (χ1) is 37.4. The fourth-order valence-corrected chi connectivity index (χ4v) is 15.8. The molecule has 1 heterocycles. The average Bonchev–Trinajstić information content (AvgIpc) is 3.94. The van der Waals surface area contributed by atoms with Crippen LogP contribution in [0.15, 0.2) is 11.6 Å². The molecule has 13 nitrogen and oxygen atoms in total. The predicted octanol–water partition coefficient (Wildman–Crippen LogP) is 15.2.